The summed E-state index contributed by atoms with van der Waals surface area (Å²) < 4.78 is 47.1. The third-order valence-electron chi connectivity index (χ3n) is 10.2. The third kappa shape index (κ3) is 5.67. The van der Waals surface area contributed by atoms with Crippen LogP contribution in [0.3, 0.4) is 0 Å². The molecule has 0 radical (unpaired) electrons. The minimum absolute atomic E-state index is 0.118. The van der Waals surface area contributed by atoms with Crippen molar-refractivity contribution in [3.05, 3.63) is 65.6 Å². The Hall–Kier alpha value is -4.21. The lowest BCUT2D eigenvalue weighted by molar-refractivity contribution is -0.143. The number of rotatable bonds is 6. The highest BCUT2D eigenvalue weighted by Crippen LogP contribution is 2.49. The number of anilines is 1. The van der Waals surface area contributed by atoms with Crippen LogP contribution in [0.25, 0.3) is 21.8 Å². The molecule has 7 rings (SSSR count). The van der Waals surface area contributed by atoms with Gasteiger partial charge in [-0.25, -0.2) is 9.97 Å². The zero-order valence-corrected chi connectivity index (χ0v) is 25.8. The summed E-state index contributed by atoms with van der Waals surface area (Å²) in [4.78, 5) is 25.3. The molecule has 3 fully saturated rings. The summed E-state index contributed by atoms with van der Waals surface area (Å²) in [5, 5.41) is 14.4. The van der Waals surface area contributed by atoms with Crippen LogP contribution in [0.4, 0.5) is 19.0 Å². The van der Waals surface area contributed by atoms with Gasteiger partial charge in [0.2, 0.25) is 5.91 Å². The molecule has 46 heavy (non-hydrogen) atoms. The second-order valence-electron chi connectivity index (χ2n) is 13.1. The highest BCUT2D eigenvalue weighted by atomic mass is 19.4. The number of carbonyl (C=O) groups is 1. The van der Waals surface area contributed by atoms with Crippen molar-refractivity contribution >= 4 is 33.5 Å². The number of nitrogens with zero attached hydrogens (tertiary/aromatic N) is 6. The molecular weight excluding hydrogens is 595 g/mol. The first-order valence-corrected chi connectivity index (χ1v) is 15.8. The van der Waals surface area contributed by atoms with Crippen molar-refractivity contribution in [2.24, 2.45) is 5.41 Å². The second-order valence-corrected chi connectivity index (χ2v) is 13.1. The van der Waals surface area contributed by atoms with E-state index in [-0.39, 0.29) is 29.0 Å². The molecule has 4 aromatic rings. The van der Waals surface area contributed by atoms with Crippen LogP contribution in [0.15, 0.2) is 48.8 Å². The van der Waals surface area contributed by atoms with Crippen molar-refractivity contribution in [3.63, 3.8) is 0 Å². The van der Waals surface area contributed by atoms with Crippen LogP contribution >= 0.6 is 0 Å². The van der Waals surface area contributed by atoms with Crippen LogP contribution in [0.5, 0.6) is 0 Å². The number of fused-ring (bicyclic) bond motifs is 2. The van der Waals surface area contributed by atoms with E-state index in [1.165, 1.54) is 18.0 Å². The summed E-state index contributed by atoms with van der Waals surface area (Å²) >= 11 is 0. The number of carbonyl (C=O) groups excluding carboxylic acids is 1. The molecule has 3 aliphatic heterocycles. The molecular formula is C34H36F3N7O2. The van der Waals surface area contributed by atoms with Gasteiger partial charge in [0, 0.05) is 47.4 Å². The fraction of sp³-hybridized carbons (Fsp3) is 0.471. The van der Waals surface area contributed by atoms with Gasteiger partial charge in [-0.1, -0.05) is 12.1 Å². The molecule has 2 aromatic heterocycles. The van der Waals surface area contributed by atoms with E-state index >= 15 is 0 Å². The van der Waals surface area contributed by atoms with E-state index in [1.54, 1.807) is 19.1 Å². The molecule has 0 bridgehead atoms. The number of hydrogen-bond acceptors (Lipinski definition) is 7. The molecule has 3 unspecified atom stereocenters. The van der Waals surface area contributed by atoms with Gasteiger partial charge in [0.1, 0.15) is 30.0 Å². The molecule has 12 heteroatoms. The number of likely N-dealkylation sites (tertiary alicyclic amines) is 1. The molecule has 0 saturated carbocycles. The summed E-state index contributed by atoms with van der Waals surface area (Å²) in [5.41, 5.74) is 3.73. The van der Waals surface area contributed by atoms with Crippen molar-refractivity contribution in [1.82, 2.24) is 24.8 Å². The minimum atomic E-state index is -4.27. The number of hydrogen-bond donors (Lipinski definition) is 1. The Kier molecular flexibility index (Phi) is 7.64. The molecule has 2 aromatic carbocycles. The SMILES string of the molecule is CC1OC(Cn2c(C#N)cc3cc(CN4CCC5(CC4)CN(c4ncnc6ccc(CC(F)(F)F)cc46)C5C)ccc32)CNC1=O. The quantitative estimate of drug-likeness (QED) is 0.322. The Bertz CT molecular complexity index is 1840. The highest BCUT2D eigenvalue weighted by molar-refractivity contribution is 5.90. The van der Waals surface area contributed by atoms with Gasteiger partial charge in [-0.15, -0.1) is 0 Å². The van der Waals surface area contributed by atoms with E-state index in [2.05, 4.69) is 56.3 Å². The minimum Gasteiger partial charge on any atom is -0.362 e. The number of piperidine rings is 1. The van der Waals surface area contributed by atoms with E-state index in [0.717, 1.165) is 49.9 Å². The Morgan fingerprint density at radius 3 is 2.59 bits per heavy atom. The number of nitrogens with one attached hydrogen (secondary N) is 1. The number of amides is 1. The van der Waals surface area contributed by atoms with Gasteiger partial charge >= 0.3 is 6.18 Å². The van der Waals surface area contributed by atoms with Gasteiger partial charge in [-0.2, -0.15) is 18.4 Å². The normalized spacial score (nSPS) is 23.4. The molecule has 5 heterocycles. The molecule has 1 N–H and O–H groups in total. The van der Waals surface area contributed by atoms with Crippen molar-refractivity contribution in [2.45, 2.75) is 70.6 Å². The molecule has 9 nitrogen and oxygen atoms in total. The van der Waals surface area contributed by atoms with E-state index in [0.29, 0.717) is 35.5 Å². The van der Waals surface area contributed by atoms with Crippen LogP contribution < -0.4 is 10.2 Å². The molecule has 3 saturated heterocycles. The molecule has 0 aliphatic carbocycles. The summed E-state index contributed by atoms with van der Waals surface area (Å²) in [6.45, 7) is 8.36. The topological polar surface area (TPSA) is 99.3 Å². The average Bonchev–Trinajstić information content (AvgIpc) is 3.37. The Morgan fingerprint density at radius 2 is 1.87 bits per heavy atom. The van der Waals surface area contributed by atoms with E-state index in [9.17, 15) is 23.2 Å². The Labute approximate surface area is 264 Å². The van der Waals surface area contributed by atoms with Crippen LogP contribution in [0.1, 0.15) is 43.5 Å². The van der Waals surface area contributed by atoms with Gasteiger partial charge in [-0.05, 0) is 81.2 Å². The first-order chi connectivity index (χ1) is 22.0. The summed E-state index contributed by atoms with van der Waals surface area (Å²) in [6.07, 6.45) is -2.41. The molecule has 1 spiro atoms. The van der Waals surface area contributed by atoms with Crippen LogP contribution in [-0.2, 0) is 29.0 Å². The zero-order chi connectivity index (χ0) is 32.2. The molecule has 1 amide bonds. The number of benzene rings is 2. The standard InChI is InChI=1S/C34H36F3N7O2/c1-21-32(45)39-16-27(46-21)18-43-26(15-38)13-25-11-24(4-6-30(25)43)17-42-9-7-33(8-10-42)19-44(22(33)2)31-28-12-23(14-34(35,36)37)3-5-29(28)40-20-41-31/h3-6,11-13,20-22,27H,7-10,14,16-19H2,1-2H3,(H,39,45). The fourth-order valence-corrected chi connectivity index (χ4v) is 7.51. The number of morpholine rings is 1. The van der Waals surface area contributed by atoms with E-state index < -0.39 is 18.7 Å². The predicted octanol–water partition coefficient (Wildman–Crippen LogP) is 4.96. The lowest BCUT2D eigenvalue weighted by Crippen LogP contribution is -2.66. The van der Waals surface area contributed by atoms with Crippen molar-refractivity contribution in [3.8, 4) is 6.07 Å². The van der Waals surface area contributed by atoms with Crippen LogP contribution in [0, 0.1) is 16.7 Å². The average molecular weight is 632 g/mol. The zero-order valence-electron chi connectivity index (χ0n) is 25.8. The number of halogens is 3. The lowest BCUT2D eigenvalue weighted by Gasteiger charge is -2.60. The van der Waals surface area contributed by atoms with E-state index in [4.69, 9.17) is 4.74 Å². The van der Waals surface area contributed by atoms with Gasteiger partial charge in [-0.3, -0.25) is 9.69 Å². The maximum atomic E-state index is 13.1. The summed E-state index contributed by atoms with van der Waals surface area (Å²) in [7, 11) is 0. The van der Waals surface area contributed by atoms with E-state index in [1.807, 2.05) is 10.6 Å². The monoisotopic (exact) mass is 631 g/mol. The van der Waals surface area contributed by atoms with Crippen LogP contribution in [-0.4, -0.2) is 75.9 Å². The maximum Gasteiger partial charge on any atom is 0.393 e. The predicted molar refractivity (Wildman–Crippen MR) is 167 cm³/mol. The van der Waals surface area contributed by atoms with Crippen molar-refractivity contribution in [2.75, 3.05) is 31.1 Å². The maximum absolute atomic E-state index is 13.1. The van der Waals surface area contributed by atoms with Crippen molar-refractivity contribution in [1.29, 1.82) is 5.26 Å². The largest absolute Gasteiger partial charge is 0.393 e. The Morgan fingerprint density at radius 1 is 1.09 bits per heavy atom. The first-order valence-electron chi connectivity index (χ1n) is 15.8. The number of alkyl halides is 3. The molecule has 3 aliphatic rings. The van der Waals surface area contributed by atoms with Gasteiger partial charge in [0.05, 0.1) is 24.6 Å². The summed E-state index contributed by atoms with van der Waals surface area (Å²) in [6, 6.07) is 15.5. The fourth-order valence-electron chi connectivity index (χ4n) is 7.51. The summed E-state index contributed by atoms with van der Waals surface area (Å²) in [5.74, 6) is 0.591. The van der Waals surface area contributed by atoms with Gasteiger partial charge in [0.25, 0.3) is 0 Å². The van der Waals surface area contributed by atoms with Crippen LogP contribution in [0.2, 0.25) is 0 Å². The third-order valence-corrected chi connectivity index (χ3v) is 10.2. The highest BCUT2D eigenvalue weighted by Gasteiger charge is 2.51. The lowest BCUT2D eigenvalue weighted by atomic mass is 9.66. The number of nitriles is 1. The Balaban J connectivity index is 1.00. The van der Waals surface area contributed by atoms with Gasteiger partial charge < -0.3 is 19.5 Å². The first kappa shape index (κ1) is 30.4. The second kappa shape index (κ2) is 11.5. The van der Waals surface area contributed by atoms with Gasteiger partial charge in [0.15, 0.2) is 0 Å². The molecule has 3 atom stereocenters. The van der Waals surface area contributed by atoms with Crippen molar-refractivity contribution < 1.29 is 22.7 Å². The number of ether oxygens (including phenoxy) is 1. The smallest absolute Gasteiger partial charge is 0.362 e. The molecule has 240 valence electrons. The number of aromatic nitrogens is 3.